The van der Waals surface area contributed by atoms with Crippen LogP contribution in [0.2, 0.25) is 0 Å². The standard InChI is InChI=1S/C13H18F2N2O/c1-3-13(4-2,8-16)12(18)17-11-6-5-9(14)7-10(11)15/h5-7H,3-4,8,16H2,1-2H3,(H,17,18). The van der Waals surface area contributed by atoms with Crippen LogP contribution in [0.1, 0.15) is 26.7 Å². The minimum Gasteiger partial charge on any atom is -0.329 e. The van der Waals surface area contributed by atoms with Crippen LogP contribution in [-0.2, 0) is 4.79 Å². The number of nitrogens with one attached hydrogen (secondary N) is 1. The first-order chi connectivity index (χ1) is 8.49. The molecule has 0 unspecified atom stereocenters. The molecule has 0 aromatic heterocycles. The fraction of sp³-hybridized carbons (Fsp3) is 0.462. The lowest BCUT2D eigenvalue weighted by molar-refractivity contribution is -0.125. The van der Waals surface area contributed by atoms with E-state index in [0.717, 1.165) is 12.1 Å². The summed E-state index contributed by atoms with van der Waals surface area (Å²) < 4.78 is 26.2. The van der Waals surface area contributed by atoms with Crippen LogP contribution in [0.5, 0.6) is 0 Å². The number of hydrogen-bond donors (Lipinski definition) is 2. The third-order valence-electron chi connectivity index (χ3n) is 3.41. The summed E-state index contributed by atoms with van der Waals surface area (Å²) in [5, 5.41) is 2.47. The molecular weight excluding hydrogens is 238 g/mol. The van der Waals surface area contributed by atoms with Crippen molar-refractivity contribution in [2.75, 3.05) is 11.9 Å². The van der Waals surface area contributed by atoms with Gasteiger partial charge in [-0.25, -0.2) is 8.78 Å². The maximum Gasteiger partial charge on any atom is 0.231 e. The lowest BCUT2D eigenvalue weighted by Crippen LogP contribution is -2.41. The van der Waals surface area contributed by atoms with E-state index in [4.69, 9.17) is 5.73 Å². The molecule has 0 radical (unpaired) electrons. The lowest BCUT2D eigenvalue weighted by atomic mass is 9.81. The summed E-state index contributed by atoms with van der Waals surface area (Å²) in [4.78, 5) is 12.1. The zero-order chi connectivity index (χ0) is 13.8. The molecular formula is C13H18F2N2O. The zero-order valence-electron chi connectivity index (χ0n) is 10.6. The molecule has 0 heterocycles. The molecule has 1 aromatic rings. The summed E-state index contributed by atoms with van der Waals surface area (Å²) in [7, 11) is 0. The van der Waals surface area contributed by atoms with Gasteiger partial charge >= 0.3 is 0 Å². The first kappa shape index (κ1) is 14.6. The quantitative estimate of drug-likeness (QED) is 0.851. The number of benzene rings is 1. The maximum atomic E-state index is 13.4. The fourth-order valence-electron chi connectivity index (χ4n) is 1.80. The number of hydrogen-bond acceptors (Lipinski definition) is 2. The van der Waals surface area contributed by atoms with Gasteiger partial charge in [0, 0.05) is 12.6 Å². The van der Waals surface area contributed by atoms with E-state index < -0.39 is 17.0 Å². The van der Waals surface area contributed by atoms with E-state index in [1.807, 2.05) is 13.8 Å². The molecule has 1 amide bonds. The van der Waals surface area contributed by atoms with Crippen molar-refractivity contribution in [1.82, 2.24) is 0 Å². The Balaban J connectivity index is 2.93. The highest BCUT2D eigenvalue weighted by Crippen LogP contribution is 2.27. The monoisotopic (exact) mass is 256 g/mol. The largest absolute Gasteiger partial charge is 0.329 e. The van der Waals surface area contributed by atoms with Crippen molar-refractivity contribution in [1.29, 1.82) is 0 Å². The zero-order valence-corrected chi connectivity index (χ0v) is 10.6. The van der Waals surface area contributed by atoms with Crippen LogP contribution in [0, 0.1) is 17.0 Å². The second-order valence-electron chi connectivity index (χ2n) is 4.27. The van der Waals surface area contributed by atoms with Gasteiger partial charge < -0.3 is 11.1 Å². The average molecular weight is 256 g/mol. The number of nitrogens with two attached hydrogens (primary N) is 1. The molecule has 1 rings (SSSR count). The highest BCUT2D eigenvalue weighted by molar-refractivity contribution is 5.95. The Hall–Kier alpha value is -1.49. The van der Waals surface area contributed by atoms with Gasteiger partial charge in [0.25, 0.3) is 0 Å². The van der Waals surface area contributed by atoms with Crippen LogP contribution in [0.4, 0.5) is 14.5 Å². The van der Waals surface area contributed by atoms with Crippen molar-refractivity contribution >= 4 is 11.6 Å². The smallest absolute Gasteiger partial charge is 0.231 e. The Morgan fingerprint density at radius 1 is 1.33 bits per heavy atom. The van der Waals surface area contributed by atoms with Crippen molar-refractivity contribution in [3.8, 4) is 0 Å². The number of carbonyl (C=O) groups is 1. The number of rotatable bonds is 5. The SMILES string of the molecule is CCC(CC)(CN)C(=O)Nc1ccc(F)cc1F. The molecule has 0 fully saturated rings. The second kappa shape index (κ2) is 5.91. The highest BCUT2D eigenvalue weighted by Gasteiger charge is 2.33. The summed E-state index contributed by atoms with van der Waals surface area (Å²) in [6.45, 7) is 3.91. The van der Waals surface area contributed by atoms with Crippen LogP contribution in [0.25, 0.3) is 0 Å². The van der Waals surface area contributed by atoms with E-state index in [2.05, 4.69) is 5.32 Å². The van der Waals surface area contributed by atoms with Gasteiger partial charge in [-0.05, 0) is 25.0 Å². The molecule has 0 aliphatic rings. The topological polar surface area (TPSA) is 55.1 Å². The van der Waals surface area contributed by atoms with Gasteiger partial charge in [0.1, 0.15) is 11.6 Å². The Labute approximate surface area is 105 Å². The van der Waals surface area contributed by atoms with Crippen LogP contribution in [0.15, 0.2) is 18.2 Å². The molecule has 0 aliphatic heterocycles. The van der Waals surface area contributed by atoms with Gasteiger partial charge in [-0.1, -0.05) is 13.8 Å². The van der Waals surface area contributed by atoms with Crippen molar-refractivity contribution in [3.63, 3.8) is 0 Å². The third-order valence-corrected chi connectivity index (χ3v) is 3.41. The van der Waals surface area contributed by atoms with Gasteiger partial charge in [0.2, 0.25) is 5.91 Å². The molecule has 3 N–H and O–H groups in total. The second-order valence-corrected chi connectivity index (χ2v) is 4.27. The molecule has 5 heteroatoms. The van der Waals surface area contributed by atoms with Crippen molar-refractivity contribution in [3.05, 3.63) is 29.8 Å². The van der Waals surface area contributed by atoms with Crippen LogP contribution in [0.3, 0.4) is 0 Å². The summed E-state index contributed by atoms with van der Waals surface area (Å²) in [6, 6.07) is 3.04. The Morgan fingerprint density at radius 3 is 2.39 bits per heavy atom. The van der Waals surface area contributed by atoms with E-state index >= 15 is 0 Å². The predicted octanol–water partition coefficient (Wildman–Crippen LogP) is 2.67. The van der Waals surface area contributed by atoms with Gasteiger partial charge in [0.15, 0.2) is 0 Å². The molecule has 0 atom stereocenters. The molecule has 100 valence electrons. The predicted molar refractivity (Wildman–Crippen MR) is 67.1 cm³/mol. The van der Waals surface area contributed by atoms with Crippen molar-refractivity contribution in [2.45, 2.75) is 26.7 Å². The summed E-state index contributed by atoms with van der Waals surface area (Å²) in [5.41, 5.74) is 4.90. The third kappa shape index (κ3) is 2.85. The Bertz CT molecular complexity index is 423. The number of halogens is 2. The first-order valence-corrected chi connectivity index (χ1v) is 5.95. The summed E-state index contributed by atoms with van der Waals surface area (Å²) in [6.07, 6.45) is 1.13. The van der Waals surface area contributed by atoms with Gasteiger partial charge in [0.05, 0.1) is 11.1 Å². The molecule has 0 saturated carbocycles. The number of anilines is 1. The molecule has 3 nitrogen and oxygen atoms in total. The van der Waals surface area contributed by atoms with Crippen LogP contribution in [-0.4, -0.2) is 12.5 Å². The summed E-state index contributed by atoms with van der Waals surface area (Å²) in [5.74, 6) is -1.80. The van der Waals surface area contributed by atoms with Crippen molar-refractivity contribution in [2.24, 2.45) is 11.1 Å². The molecule has 0 spiro atoms. The highest BCUT2D eigenvalue weighted by atomic mass is 19.1. The minimum atomic E-state index is -0.790. The number of carbonyl (C=O) groups excluding carboxylic acids is 1. The van der Waals surface area contributed by atoms with E-state index in [9.17, 15) is 13.6 Å². The maximum absolute atomic E-state index is 13.4. The van der Waals surface area contributed by atoms with Crippen LogP contribution < -0.4 is 11.1 Å². The van der Waals surface area contributed by atoms with Gasteiger partial charge in [-0.15, -0.1) is 0 Å². The van der Waals surface area contributed by atoms with Gasteiger partial charge in [-0.2, -0.15) is 0 Å². The van der Waals surface area contributed by atoms with E-state index in [1.165, 1.54) is 6.07 Å². The molecule has 0 bridgehead atoms. The van der Waals surface area contributed by atoms with E-state index in [0.29, 0.717) is 12.8 Å². The van der Waals surface area contributed by atoms with E-state index in [1.54, 1.807) is 0 Å². The molecule has 1 aromatic carbocycles. The molecule has 0 saturated heterocycles. The Kier molecular flexibility index (Phi) is 4.78. The number of amides is 1. The summed E-state index contributed by atoms with van der Waals surface area (Å²) >= 11 is 0. The molecule has 18 heavy (non-hydrogen) atoms. The van der Waals surface area contributed by atoms with Crippen molar-refractivity contribution < 1.29 is 13.6 Å². The lowest BCUT2D eigenvalue weighted by Gasteiger charge is -2.28. The van der Waals surface area contributed by atoms with E-state index in [-0.39, 0.29) is 18.1 Å². The minimum absolute atomic E-state index is 0.0267. The normalized spacial score (nSPS) is 11.4. The Morgan fingerprint density at radius 2 is 1.94 bits per heavy atom. The molecule has 0 aliphatic carbocycles. The average Bonchev–Trinajstić information content (AvgIpc) is 2.36. The van der Waals surface area contributed by atoms with Gasteiger partial charge in [-0.3, -0.25) is 4.79 Å². The fourth-order valence-corrected chi connectivity index (χ4v) is 1.80. The van der Waals surface area contributed by atoms with Crippen LogP contribution >= 0.6 is 0 Å². The first-order valence-electron chi connectivity index (χ1n) is 5.95.